The lowest BCUT2D eigenvalue weighted by molar-refractivity contribution is -0.281. The van der Waals surface area contributed by atoms with Crippen molar-refractivity contribution in [3.05, 3.63) is 12.7 Å². The van der Waals surface area contributed by atoms with E-state index in [1.165, 1.54) is 13.0 Å². The van der Waals surface area contributed by atoms with E-state index in [9.17, 15) is 0 Å². The van der Waals surface area contributed by atoms with E-state index in [4.69, 9.17) is 10.4 Å². The van der Waals surface area contributed by atoms with Crippen LogP contribution < -0.4 is 0 Å². The summed E-state index contributed by atoms with van der Waals surface area (Å²) in [5.41, 5.74) is 0. The second kappa shape index (κ2) is 3.60. The zero-order valence-electron chi connectivity index (χ0n) is 4.74. The maximum absolute atomic E-state index is 8.66. The smallest absolute Gasteiger partial charge is 0.136 e. The van der Waals surface area contributed by atoms with Crippen LogP contribution >= 0.6 is 0 Å². The van der Waals surface area contributed by atoms with Crippen molar-refractivity contribution >= 4 is 0 Å². The molecule has 0 saturated heterocycles. The Morgan fingerprint density at radius 2 is 2.25 bits per heavy atom. The molecule has 0 aromatic carbocycles. The Morgan fingerprint density at radius 1 is 1.75 bits per heavy atom. The molecule has 0 saturated carbocycles. The van der Waals surface area contributed by atoms with E-state index >= 15 is 0 Å². The normalized spacial score (nSPS) is 17.4. The molecule has 0 rings (SSSR count). The van der Waals surface area contributed by atoms with E-state index in [0.717, 1.165) is 0 Å². The second-order valence-electron chi connectivity index (χ2n) is 1.55. The number of hydrogen-bond donors (Lipinski definition) is 2. The summed E-state index contributed by atoms with van der Waals surface area (Å²) in [4.78, 5) is 3.79. The van der Waals surface area contributed by atoms with Gasteiger partial charge in [-0.3, -0.25) is 5.26 Å². The minimum Gasteiger partial charge on any atom is -0.390 e. The zero-order valence-corrected chi connectivity index (χ0v) is 4.74. The molecule has 2 atom stereocenters. The minimum absolute atomic E-state index is 0.671. The molecule has 2 N–H and O–H groups in total. The van der Waals surface area contributed by atoms with Crippen LogP contribution in [-0.4, -0.2) is 22.6 Å². The summed E-state index contributed by atoms with van der Waals surface area (Å²) in [6.07, 6.45) is -0.0579. The first-order chi connectivity index (χ1) is 3.72. The molecular weight excluding hydrogens is 108 g/mol. The molecule has 0 aliphatic rings. The Hall–Kier alpha value is -0.380. The van der Waals surface area contributed by atoms with Gasteiger partial charge < -0.3 is 5.11 Å². The van der Waals surface area contributed by atoms with E-state index in [2.05, 4.69) is 11.5 Å². The lowest BCUT2D eigenvalue weighted by Gasteiger charge is -2.09. The maximum atomic E-state index is 8.66. The van der Waals surface area contributed by atoms with Crippen LogP contribution in [0.5, 0.6) is 0 Å². The summed E-state index contributed by atoms with van der Waals surface area (Å²) >= 11 is 0. The average Bonchev–Trinajstić information content (AvgIpc) is 1.69. The number of aliphatic hydroxyl groups excluding tert-OH is 1. The highest BCUT2D eigenvalue weighted by Crippen LogP contribution is 1.96. The van der Waals surface area contributed by atoms with Crippen molar-refractivity contribution in [3.63, 3.8) is 0 Å². The molecule has 0 aromatic heterocycles. The molecule has 3 nitrogen and oxygen atoms in total. The molecule has 0 aliphatic carbocycles. The maximum Gasteiger partial charge on any atom is 0.136 e. The summed E-state index contributed by atoms with van der Waals surface area (Å²) in [5.74, 6) is 0. The van der Waals surface area contributed by atoms with Crippen molar-refractivity contribution in [1.82, 2.24) is 0 Å². The Balaban J connectivity index is 3.51. The number of rotatable bonds is 3. The van der Waals surface area contributed by atoms with Crippen molar-refractivity contribution in [2.24, 2.45) is 0 Å². The summed E-state index contributed by atoms with van der Waals surface area (Å²) < 4.78 is 0. The van der Waals surface area contributed by atoms with Gasteiger partial charge in [-0.15, -0.1) is 6.58 Å². The van der Waals surface area contributed by atoms with Crippen molar-refractivity contribution in [1.29, 1.82) is 0 Å². The Morgan fingerprint density at radius 3 is 2.25 bits per heavy atom. The van der Waals surface area contributed by atoms with Gasteiger partial charge in [-0.2, -0.15) is 0 Å². The van der Waals surface area contributed by atoms with E-state index in [1.807, 2.05) is 0 Å². The molecule has 0 aliphatic heterocycles. The highest BCUT2D eigenvalue weighted by Gasteiger charge is 2.09. The van der Waals surface area contributed by atoms with Crippen molar-refractivity contribution in [2.75, 3.05) is 0 Å². The molecular formula is C5H10O3. The number of hydrogen-bond acceptors (Lipinski definition) is 3. The van der Waals surface area contributed by atoms with Gasteiger partial charge in [-0.25, -0.2) is 4.89 Å². The largest absolute Gasteiger partial charge is 0.390 e. The molecule has 3 heteroatoms. The third kappa shape index (κ3) is 2.07. The molecule has 0 aromatic rings. The van der Waals surface area contributed by atoms with Gasteiger partial charge in [0.2, 0.25) is 0 Å². The molecule has 0 fully saturated rings. The third-order valence-electron chi connectivity index (χ3n) is 0.829. The first-order valence-corrected chi connectivity index (χ1v) is 2.33. The van der Waals surface area contributed by atoms with E-state index in [-0.39, 0.29) is 0 Å². The van der Waals surface area contributed by atoms with Crippen molar-refractivity contribution < 1.29 is 15.3 Å². The monoisotopic (exact) mass is 118 g/mol. The lowest BCUT2D eigenvalue weighted by atomic mass is 10.2. The predicted octanol–water partition coefficient (Wildman–Crippen LogP) is 0.411. The average molecular weight is 118 g/mol. The molecule has 48 valence electrons. The molecule has 0 unspecified atom stereocenters. The highest BCUT2D eigenvalue weighted by molar-refractivity contribution is 4.82. The summed E-state index contributed by atoms with van der Waals surface area (Å²) in [5, 5.41) is 16.6. The Labute approximate surface area is 48.1 Å². The molecule has 0 radical (unpaired) electrons. The Kier molecular flexibility index (Phi) is 3.43. The fourth-order valence-corrected chi connectivity index (χ4v) is 0.328. The highest BCUT2D eigenvalue weighted by atomic mass is 17.1. The first kappa shape index (κ1) is 7.62. The minimum atomic E-state index is -0.711. The van der Waals surface area contributed by atoms with Crippen LogP contribution in [-0.2, 0) is 4.89 Å². The predicted molar refractivity (Wildman–Crippen MR) is 29.4 cm³/mol. The van der Waals surface area contributed by atoms with Gasteiger partial charge in [0.05, 0.1) is 6.10 Å². The van der Waals surface area contributed by atoms with Gasteiger partial charge in [0.15, 0.2) is 0 Å². The molecule has 0 amide bonds. The quantitative estimate of drug-likeness (QED) is 0.320. The lowest BCUT2D eigenvalue weighted by Crippen LogP contribution is -2.22. The van der Waals surface area contributed by atoms with Crippen molar-refractivity contribution in [2.45, 2.75) is 19.1 Å². The summed E-state index contributed by atoms with van der Waals surface area (Å²) in [6, 6.07) is 0. The molecule has 0 spiro atoms. The topological polar surface area (TPSA) is 49.7 Å². The SMILES string of the molecule is C=C[C@H](OO)[C@H](C)O. The summed E-state index contributed by atoms with van der Waals surface area (Å²) in [7, 11) is 0. The molecule has 0 heterocycles. The third-order valence-corrected chi connectivity index (χ3v) is 0.829. The molecule has 8 heavy (non-hydrogen) atoms. The fraction of sp³-hybridized carbons (Fsp3) is 0.600. The summed E-state index contributed by atoms with van der Waals surface area (Å²) in [6.45, 7) is 4.81. The van der Waals surface area contributed by atoms with Crippen LogP contribution in [0.15, 0.2) is 12.7 Å². The van der Waals surface area contributed by atoms with Crippen LogP contribution in [0.1, 0.15) is 6.92 Å². The fourth-order valence-electron chi connectivity index (χ4n) is 0.328. The first-order valence-electron chi connectivity index (χ1n) is 2.33. The van der Waals surface area contributed by atoms with Gasteiger partial charge in [-0.05, 0) is 6.92 Å². The van der Waals surface area contributed by atoms with Crippen LogP contribution in [0.3, 0.4) is 0 Å². The van der Waals surface area contributed by atoms with Gasteiger partial charge in [-0.1, -0.05) is 6.08 Å². The molecule has 0 bridgehead atoms. The van der Waals surface area contributed by atoms with Crippen LogP contribution in [0.25, 0.3) is 0 Å². The zero-order chi connectivity index (χ0) is 6.57. The van der Waals surface area contributed by atoms with Gasteiger partial charge >= 0.3 is 0 Å². The van der Waals surface area contributed by atoms with Crippen LogP contribution in [0.2, 0.25) is 0 Å². The van der Waals surface area contributed by atoms with E-state index < -0.39 is 12.2 Å². The number of aliphatic hydroxyl groups is 1. The van der Waals surface area contributed by atoms with Gasteiger partial charge in [0.25, 0.3) is 0 Å². The van der Waals surface area contributed by atoms with Gasteiger partial charge in [0.1, 0.15) is 6.10 Å². The van der Waals surface area contributed by atoms with Gasteiger partial charge in [0, 0.05) is 0 Å². The van der Waals surface area contributed by atoms with E-state index in [0.29, 0.717) is 0 Å². The van der Waals surface area contributed by atoms with Crippen LogP contribution in [0, 0.1) is 0 Å². The van der Waals surface area contributed by atoms with Crippen LogP contribution in [0.4, 0.5) is 0 Å². The second-order valence-corrected chi connectivity index (χ2v) is 1.55. The Bertz CT molecular complexity index is 70.1. The standard InChI is InChI=1S/C5H10O3/c1-3-5(8-7)4(2)6/h3-7H,1H2,2H3/t4-,5-/m0/s1. The van der Waals surface area contributed by atoms with E-state index in [1.54, 1.807) is 0 Å². The van der Waals surface area contributed by atoms with Crippen molar-refractivity contribution in [3.8, 4) is 0 Å².